The molecule has 1 atom stereocenters. The predicted molar refractivity (Wildman–Crippen MR) is 61.6 cm³/mol. The molecule has 2 rings (SSSR count). The molecular formula is C11H21NO2S. The summed E-state index contributed by atoms with van der Waals surface area (Å²) in [6.45, 7) is 3.98. The van der Waals surface area contributed by atoms with Gasteiger partial charge in [0.2, 0.25) is 0 Å². The predicted octanol–water partition coefficient (Wildman–Crippen LogP) is 1.34. The van der Waals surface area contributed by atoms with Crippen molar-refractivity contribution in [2.75, 3.05) is 11.5 Å². The van der Waals surface area contributed by atoms with Crippen LogP contribution in [0.4, 0.5) is 0 Å². The second-order valence-electron chi connectivity index (χ2n) is 5.73. The highest BCUT2D eigenvalue weighted by Crippen LogP contribution is 2.31. The maximum atomic E-state index is 11.8. The Bertz CT molecular complexity index is 328. The van der Waals surface area contributed by atoms with Crippen LogP contribution in [0, 0.1) is 5.92 Å². The summed E-state index contributed by atoms with van der Waals surface area (Å²) in [4.78, 5) is 0. The van der Waals surface area contributed by atoms with Crippen LogP contribution in [0.1, 0.15) is 39.5 Å². The number of hydrogen-bond acceptors (Lipinski definition) is 3. The fourth-order valence-electron chi connectivity index (χ4n) is 3.08. The maximum Gasteiger partial charge on any atom is 0.153 e. The molecule has 0 amide bonds. The second kappa shape index (κ2) is 3.74. The van der Waals surface area contributed by atoms with Gasteiger partial charge in [-0.1, -0.05) is 12.8 Å². The first kappa shape index (κ1) is 11.4. The Labute approximate surface area is 92.6 Å². The molecule has 3 nitrogen and oxygen atoms in total. The highest BCUT2D eigenvalue weighted by atomic mass is 32.2. The van der Waals surface area contributed by atoms with Crippen LogP contribution in [-0.2, 0) is 9.84 Å². The van der Waals surface area contributed by atoms with Gasteiger partial charge < -0.3 is 5.32 Å². The second-order valence-corrected chi connectivity index (χ2v) is 7.84. The number of rotatable bonds is 1. The molecule has 0 bridgehead atoms. The third-order valence-corrected chi connectivity index (χ3v) is 5.59. The van der Waals surface area contributed by atoms with Crippen LogP contribution in [0.3, 0.4) is 0 Å². The average molecular weight is 231 g/mol. The van der Waals surface area contributed by atoms with Crippen molar-refractivity contribution < 1.29 is 8.42 Å². The minimum atomic E-state index is -2.84. The van der Waals surface area contributed by atoms with Crippen LogP contribution in [0.2, 0.25) is 0 Å². The van der Waals surface area contributed by atoms with Gasteiger partial charge in [-0.05, 0) is 32.6 Å². The summed E-state index contributed by atoms with van der Waals surface area (Å²) in [6.07, 6.45) is 4.93. The lowest BCUT2D eigenvalue weighted by Crippen LogP contribution is -2.60. The molecule has 1 heterocycles. The quantitative estimate of drug-likeness (QED) is 0.741. The van der Waals surface area contributed by atoms with Gasteiger partial charge in [-0.15, -0.1) is 0 Å². The standard InChI is InChI=1S/C11H21NO2S/c1-11(2)8-15(13,14)7-10(12-11)9-5-3-4-6-9/h9-10,12H,3-8H2,1-2H3. The SMILES string of the molecule is CC1(C)CS(=O)(=O)CC(C2CCCC2)N1. The van der Waals surface area contributed by atoms with E-state index in [2.05, 4.69) is 5.32 Å². The summed E-state index contributed by atoms with van der Waals surface area (Å²) < 4.78 is 23.6. The molecule has 88 valence electrons. The van der Waals surface area contributed by atoms with Crippen molar-refractivity contribution >= 4 is 9.84 Å². The summed E-state index contributed by atoms with van der Waals surface area (Å²) >= 11 is 0. The molecule has 0 aromatic heterocycles. The van der Waals surface area contributed by atoms with Crippen molar-refractivity contribution in [3.63, 3.8) is 0 Å². The van der Waals surface area contributed by atoms with E-state index in [4.69, 9.17) is 0 Å². The molecule has 0 spiro atoms. The van der Waals surface area contributed by atoms with Crippen molar-refractivity contribution in [3.8, 4) is 0 Å². The van der Waals surface area contributed by atoms with E-state index in [9.17, 15) is 8.42 Å². The molecule has 0 aromatic rings. The van der Waals surface area contributed by atoms with Crippen LogP contribution in [0.5, 0.6) is 0 Å². The van der Waals surface area contributed by atoms with Gasteiger partial charge in [0, 0.05) is 11.6 Å². The molecule has 1 saturated heterocycles. The highest BCUT2D eigenvalue weighted by molar-refractivity contribution is 7.91. The normalized spacial score (nSPS) is 35.5. The van der Waals surface area contributed by atoms with Crippen LogP contribution in [0.15, 0.2) is 0 Å². The number of hydrogen-bond donors (Lipinski definition) is 1. The fourth-order valence-corrected chi connectivity index (χ4v) is 5.28. The minimum Gasteiger partial charge on any atom is -0.307 e. The molecule has 15 heavy (non-hydrogen) atoms. The molecule has 1 saturated carbocycles. The molecule has 1 aliphatic carbocycles. The van der Waals surface area contributed by atoms with Crippen molar-refractivity contribution in [2.45, 2.75) is 51.1 Å². The third kappa shape index (κ3) is 2.72. The van der Waals surface area contributed by atoms with E-state index < -0.39 is 9.84 Å². The Morgan fingerprint density at radius 2 is 1.80 bits per heavy atom. The Kier molecular flexibility index (Phi) is 2.84. The Hall–Kier alpha value is -0.0900. The topological polar surface area (TPSA) is 46.2 Å². The summed E-state index contributed by atoms with van der Waals surface area (Å²) in [5.41, 5.74) is -0.246. The smallest absolute Gasteiger partial charge is 0.153 e. The van der Waals surface area contributed by atoms with E-state index in [1.165, 1.54) is 25.7 Å². The lowest BCUT2D eigenvalue weighted by atomic mass is 9.96. The average Bonchev–Trinajstić information content (AvgIpc) is 2.48. The Balaban J connectivity index is 2.12. The van der Waals surface area contributed by atoms with E-state index in [1.54, 1.807) is 0 Å². The van der Waals surface area contributed by atoms with E-state index in [1.807, 2.05) is 13.8 Å². The summed E-state index contributed by atoms with van der Waals surface area (Å²) in [7, 11) is -2.84. The number of nitrogens with one attached hydrogen (secondary N) is 1. The fraction of sp³-hybridized carbons (Fsp3) is 1.00. The van der Waals surface area contributed by atoms with Crippen molar-refractivity contribution in [1.82, 2.24) is 5.32 Å². The van der Waals surface area contributed by atoms with Gasteiger partial charge in [0.25, 0.3) is 0 Å². The van der Waals surface area contributed by atoms with E-state index in [-0.39, 0.29) is 17.3 Å². The number of sulfone groups is 1. The maximum absolute atomic E-state index is 11.8. The van der Waals surface area contributed by atoms with E-state index in [0.717, 1.165) is 0 Å². The molecule has 1 N–H and O–H groups in total. The van der Waals surface area contributed by atoms with Crippen LogP contribution < -0.4 is 5.32 Å². The first-order valence-electron chi connectivity index (χ1n) is 5.86. The van der Waals surface area contributed by atoms with Crippen molar-refractivity contribution in [2.24, 2.45) is 5.92 Å². The molecular weight excluding hydrogens is 210 g/mol. The monoisotopic (exact) mass is 231 g/mol. The summed E-state index contributed by atoms with van der Waals surface area (Å²) in [5, 5.41) is 3.51. The van der Waals surface area contributed by atoms with Gasteiger partial charge in [-0.2, -0.15) is 0 Å². The first-order valence-corrected chi connectivity index (χ1v) is 7.68. The van der Waals surface area contributed by atoms with Crippen LogP contribution >= 0.6 is 0 Å². The van der Waals surface area contributed by atoms with Gasteiger partial charge in [0.05, 0.1) is 11.5 Å². The van der Waals surface area contributed by atoms with Gasteiger partial charge in [0.1, 0.15) is 0 Å². The lowest BCUT2D eigenvalue weighted by Gasteiger charge is -2.39. The molecule has 1 aliphatic heterocycles. The van der Waals surface area contributed by atoms with Gasteiger partial charge >= 0.3 is 0 Å². The zero-order chi connectivity index (χ0) is 11.1. The molecule has 0 radical (unpaired) electrons. The van der Waals surface area contributed by atoms with Crippen molar-refractivity contribution in [3.05, 3.63) is 0 Å². The highest BCUT2D eigenvalue weighted by Gasteiger charge is 2.39. The zero-order valence-corrected chi connectivity index (χ0v) is 10.4. The minimum absolute atomic E-state index is 0.196. The molecule has 0 aromatic carbocycles. The van der Waals surface area contributed by atoms with Gasteiger partial charge in [-0.25, -0.2) is 8.42 Å². The van der Waals surface area contributed by atoms with Crippen LogP contribution in [0.25, 0.3) is 0 Å². The molecule has 2 aliphatic rings. The van der Waals surface area contributed by atoms with E-state index in [0.29, 0.717) is 11.7 Å². The molecule has 2 fully saturated rings. The summed E-state index contributed by atoms with van der Waals surface area (Å²) in [5.74, 6) is 1.21. The summed E-state index contributed by atoms with van der Waals surface area (Å²) in [6, 6.07) is 0.196. The molecule has 4 heteroatoms. The first-order chi connectivity index (χ1) is 6.88. The Morgan fingerprint density at radius 3 is 2.33 bits per heavy atom. The van der Waals surface area contributed by atoms with Crippen LogP contribution in [-0.4, -0.2) is 31.5 Å². The van der Waals surface area contributed by atoms with Gasteiger partial charge in [-0.3, -0.25) is 0 Å². The van der Waals surface area contributed by atoms with Gasteiger partial charge in [0.15, 0.2) is 9.84 Å². The van der Waals surface area contributed by atoms with Crippen molar-refractivity contribution in [1.29, 1.82) is 0 Å². The zero-order valence-electron chi connectivity index (χ0n) is 9.62. The largest absolute Gasteiger partial charge is 0.307 e. The Morgan fingerprint density at radius 1 is 1.20 bits per heavy atom. The lowest BCUT2D eigenvalue weighted by molar-refractivity contribution is 0.286. The molecule has 1 unspecified atom stereocenters. The third-order valence-electron chi connectivity index (χ3n) is 3.56. The van der Waals surface area contributed by atoms with E-state index >= 15 is 0 Å².